The molecule has 0 bridgehead atoms. The number of benzene rings is 8. The summed E-state index contributed by atoms with van der Waals surface area (Å²) in [4.78, 5) is 0. The molecule has 11 rings (SSSR count). The second-order valence-corrected chi connectivity index (χ2v) is 13.3. The van der Waals surface area contributed by atoms with Gasteiger partial charge in [-0.3, -0.25) is 0 Å². The van der Waals surface area contributed by atoms with Gasteiger partial charge in [-0.15, -0.1) is 0 Å². The van der Waals surface area contributed by atoms with Crippen molar-refractivity contribution in [2.45, 2.75) is 0 Å². The molecule has 11 aromatic rings. The van der Waals surface area contributed by atoms with Crippen LogP contribution in [0.5, 0.6) is 0 Å². The van der Waals surface area contributed by atoms with Crippen LogP contribution in [-0.4, -0.2) is 9.13 Å². The van der Waals surface area contributed by atoms with Crippen molar-refractivity contribution >= 4 is 65.6 Å². The van der Waals surface area contributed by atoms with Crippen LogP contribution >= 0.6 is 0 Å². The quantitative estimate of drug-likeness (QED) is 0.186. The molecule has 0 atom stereocenters. The first-order valence-corrected chi connectivity index (χ1v) is 17.4. The lowest BCUT2D eigenvalue weighted by molar-refractivity contribution is 0.669. The van der Waals surface area contributed by atoms with Crippen molar-refractivity contribution in [3.63, 3.8) is 0 Å². The van der Waals surface area contributed by atoms with Crippen LogP contribution in [0.25, 0.3) is 99.2 Å². The lowest BCUT2D eigenvalue weighted by Crippen LogP contribution is -1.95. The molecule has 0 aliphatic rings. The molecule has 0 radical (unpaired) electrons. The van der Waals surface area contributed by atoms with Gasteiger partial charge in [0.2, 0.25) is 0 Å². The minimum atomic E-state index is 0.918. The van der Waals surface area contributed by atoms with Crippen LogP contribution in [0.4, 0.5) is 0 Å². The van der Waals surface area contributed by atoms with E-state index in [0.29, 0.717) is 0 Å². The summed E-state index contributed by atoms with van der Waals surface area (Å²) >= 11 is 0. The van der Waals surface area contributed by atoms with Gasteiger partial charge in [0.15, 0.2) is 0 Å². The largest absolute Gasteiger partial charge is 0.456 e. The summed E-state index contributed by atoms with van der Waals surface area (Å²) in [5, 5.41) is 7.35. The van der Waals surface area contributed by atoms with Crippen molar-refractivity contribution in [3.05, 3.63) is 182 Å². The number of hydrogen-bond acceptors (Lipinski definition) is 1. The van der Waals surface area contributed by atoms with Crippen LogP contribution in [0.2, 0.25) is 0 Å². The highest BCUT2D eigenvalue weighted by molar-refractivity contribution is 6.13. The predicted octanol–water partition coefficient (Wildman–Crippen LogP) is 13.1. The maximum absolute atomic E-state index is 6.15. The van der Waals surface area contributed by atoms with E-state index in [-0.39, 0.29) is 0 Å². The third-order valence-electron chi connectivity index (χ3n) is 10.6. The van der Waals surface area contributed by atoms with Crippen molar-refractivity contribution in [1.82, 2.24) is 9.13 Å². The Morgan fingerprint density at radius 1 is 0.314 bits per heavy atom. The van der Waals surface area contributed by atoms with E-state index in [4.69, 9.17) is 4.42 Å². The van der Waals surface area contributed by atoms with Crippen LogP contribution < -0.4 is 0 Å². The first-order chi connectivity index (χ1) is 25.3. The smallest absolute Gasteiger partial charge is 0.136 e. The molecule has 0 saturated carbocycles. The Balaban J connectivity index is 0.986. The first-order valence-electron chi connectivity index (χ1n) is 17.4. The van der Waals surface area contributed by atoms with E-state index >= 15 is 0 Å². The molecular weight excluding hydrogens is 621 g/mol. The summed E-state index contributed by atoms with van der Waals surface area (Å²) in [6, 6.07) is 65.5. The molecule has 3 heteroatoms. The zero-order valence-corrected chi connectivity index (χ0v) is 27.6. The Bertz CT molecular complexity index is 3070. The Morgan fingerprint density at radius 3 is 1.45 bits per heavy atom. The Labute approximate surface area is 293 Å². The molecule has 3 nitrogen and oxygen atoms in total. The molecule has 0 amide bonds. The van der Waals surface area contributed by atoms with Crippen molar-refractivity contribution in [2.75, 3.05) is 0 Å². The van der Waals surface area contributed by atoms with E-state index in [1.54, 1.807) is 0 Å². The fourth-order valence-corrected chi connectivity index (χ4v) is 8.24. The van der Waals surface area contributed by atoms with Gasteiger partial charge in [0.05, 0.1) is 22.1 Å². The van der Waals surface area contributed by atoms with Gasteiger partial charge < -0.3 is 13.6 Å². The molecule has 0 unspecified atom stereocenters. The number of para-hydroxylation sites is 4. The van der Waals surface area contributed by atoms with Gasteiger partial charge in [-0.05, 0) is 82.9 Å². The molecule has 0 saturated heterocycles. The molecule has 51 heavy (non-hydrogen) atoms. The normalized spacial score (nSPS) is 11.9. The van der Waals surface area contributed by atoms with Gasteiger partial charge in [0.25, 0.3) is 0 Å². The monoisotopic (exact) mass is 650 g/mol. The molecule has 3 heterocycles. The van der Waals surface area contributed by atoms with Gasteiger partial charge in [0, 0.05) is 43.7 Å². The van der Waals surface area contributed by atoms with Gasteiger partial charge in [-0.2, -0.15) is 0 Å². The fraction of sp³-hybridized carbons (Fsp3) is 0. The molecular formula is C48H30N2O. The average Bonchev–Trinajstić information content (AvgIpc) is 3.86. The second kappa shape index (κ2) is 10.8. The topological polar surface area (TPSA) is 23.0 Å². The zero-order chi connectivity index (χ0) is 33.5. The van der Waals surface area contributed by atoms with E-state index in [0.717, 1.165) is 22.2 Å². The Hall–Kier alpha value is -6.84. The minimum Gasteiger partial charge on any atom is -0.456 e. The maximum atomic E-state index is 6.15. The summed E-state index contributed by atoms with van der Waals surface area (Å²) in [5.74, 6) is 0. The van der Waals surface area contributed by atoms with E-state index in [2.05, 4.69) is 179 Å². The average molecular weight is 651 g/mol. The van der Waals surface area contributed by atoms with Crippen molar-refractivity contribution in [2.24, 2.45) is 0 Å². The minimum absolute atomic E-state index is 0.918. The summed E-state index contributed by atoms with van der Waals surface area (Å²) < 4.78 is 10.9. The molecule has 238 valence electrons. The standard InChI is InChI=1S/C48H30N2O/c1-5-15-42-37(10-1)38-11-2-6-16-43(38)50(42)35-28-29-45-41(30-35)39-12-3-7-17-44(39)49(45)34-26-24-32(25-27-34)31-20-22-33(23-21-31)36-14-9-19-47-48(36)40-13-4-8-18-46(40)51-47/h1-30H. The molecule has 0 aliphatic carbocycles. The van der Waals surface area contributed by atoms with Crippen molar-refractivity contribution < 1.29 is 4.42 Å². The summed E-state index contributed by atoms with van der Waals surface area (Å²) in [5.41, 5.74) is 13.7. The third-order valence-corrected chi connectivity index (χ3v) is 10.6. The van der Waals surface area contributed by atoms with Gasteiger partial charge in [-0.1, -0.05) is 121 Å². The molecule has 3 aromatic heterocycles. The van der Waals surface area contributed by atoms with Crippen LogP contribution in [-0.2, 0) is 0 Å². The van der Waals surface area contributed by atoms with Crippen molar-refractivity contribution in [1.29, 1.82) is 0 Å². The highest BCUT2D eigenvalue weighted by atomic mass is 16.3. The number of nitrogens with zero attached hydrogens (tertiary/aromatic N) is 2. The SMILES string of the molecule is c1ccc2c(c1)oc1cccc(-c3ccc(-c4ccc(-n5c6ccccc6c6cc(-n7c8ccccc8c8ccccc87)ccc65)cc4)cc3)c12. The van der Waals surface area contributed by atoms with Gasteiger partial charge >= 0.3 is 0 Å². The summed E-state index contributed by atoms with van der Waals surface area (Å²) in [7, 11) is 0. The number of aromatic nitrogens is 2. The lowest BCUT2D eigenvalue weighted by atomic mass is 9.97. The highest BCUT2D eigenvalue weighted by Crippen LogP contribution is 2.39. The van der Waals surface area contributed by atoms with Crippen molar-refractivity contribution in [3.8, 4) is 33.6 Å². The molecule has 0 spiro atoms. The zero-order valence-electron chi connectivity index (χ0n) is 27.6. The van der Waals surface area contributed by atoms with Gasteiger partial charge in [0.1, 0.15) is 11.2 Å². The fourth-order valence-electron chi connectivity index (χ4n) is 8.24. The van der Waals surface area contributed by atoms with Crippen LogP contribution in [0.15, 0.2) is 186 Å². The van der Waals surface area contributed by atoms with Crippen LogP contribution in [0.1, 0.15) is 0 Å². The highest BCUT2D eigenvalue weighted by Gasteiger charge is 2.17. The molecule has 0 aliphatic heterocycles. The van der Waals surface area contributed by atoms with Crippen LogP contribution in [0, 0.1) is 0 Å². The number of rotatable bonds is 4. The Morgan fingerprint density at radius 2 is 0.784 bits per heavy atom. The molecule has 0 fully saturated rings. The number of furan rings is 1. The van der Waals surface area contributed by atoms with E-state index in [9.17, 15) is 0 Å². The van der Waals surface area contributed by atoms with E-state index in [1.807, 2.05) is 12.1 Å². The molecule has 8 aromatic carbocycles. The lowest BCUT2D eigenvalue weighted by Gasteiger charge is -2.11. The predicted molar refractivity (Wildman–Crippen MR) is 213 cm³/mol. The van der Waals surface area contributed by atoms with Crippen LogP contribution in [0.3, 0.4) is 0 Å². The number of hydrogen-bond donors (Lipinski definition) is 0. The maximum Gasteiger partial charge on any atom is 0.136 e. The third kappa shape index (κ3) is 4.19. The summed E-state index contributed by atoms with van der Waals surface area (Å²) in [6.45, 7) is 0. The molecule has 0 N–H and O–H groups in total. The van der Waals surface area contributed by atoms with E-state index < -0.39 is 0 Å². The van der Waals surface area contributed by atoms with Gasteiger partial charge in [-0.25, -0.2) is 0 Å². The summed E-state index contributed by atoms with van der Waals surface area (Å²) in [6.07, 6.45) is 0. The van der Waals surface area contributed by atoms with E-state index in [1.165, 1.54) is 76.9 Å². The first kappa shape index (κ1) is 28.0. The number of fused-ring (bicyclic) bond motifs is 9. The second-order valence-electron chi connectivity index (χ2n) is 13.3. The Kier molecular flexibility index (Phi) is 5.96.